The molecule has 0 fully saturated rings. The quantitative estimate of drug-likeness (QED) is 0.150. The number of amides is 1. The van der Waals surface area contributed by atoms with Gasteiger partial charge in [-0.25, -0.2) is 5.43 Å². The number of ether oxygens (including phenoxy) is 1. The van der Waals surface area contributed by atoms with E-state index in [1.165, 1.54) is 11.8 Å². The largest absolute Gasteiger partial charge is 0.497 e. The lowest BCUT2D eigenvalue weighted by Crippen LogP contribution is -2.21. The van der Waals surface area contributed by atoms with Crippen molar-refractivity contribution < 1.29 is 9.53 Å². The Kier molecular flexibility index (Phi) is 8.53. The Morgan fingerprint density at radius 1 is 1.00 bits per heavy atom. The van der Waals surface area contributed by atoms with Crippen LogP contribution in [-0.2, 0) is 4.79 Å². The number of halogens is 3. The van der Waals surface area contributed by atoms with Gasteiger partial charge < -0.3 is 4.74 Å². The lowest BCUT2D eigenvalue weighted by molar-refractivity contribution is -0.118. The number of carbonyl (C=O) groups excluding carboxylic acids is 1. The van der Waals surface area contributed by atoms with E-state index in [1.807, 2.05) is 41.0 Å². The molecule has 4 rings (SSSR count). The van der Waals surface area contributed by atoms with Crippen molar-refractivity contribution in [2.24, 2.45) is 5.10 Å². The van der Waals surface area contributed by atoms with Crippen molar-refractivity contribution in [2.75, 3.05) is 12.9 Å². The minimum Gasteiger partial charge on any atom is -0.497 e. The maximum Gasteiger partial charge on any atom is 0.250 e. The molecule has 0 saturated carbocycles. The summed E-state index contributed by atoms with van der Waals surface area (Å²) in [6.45, 7) is 1.77. The average Bonchev–Trinajstić information content (AvgIpc) is 3.32. The zero-order valence-corrected chi connectivity index (χ0v) is 22.3. The summed E-state index contributed by atoms with van der Waals surface area (Å²) < 4.78 is 7.13. The van der Waals surface area contributed by atoms with E-state index in [4.69, 9.17) is 39.5 Å². The first-order chi connectivity index (χ1) is 17.4. The van der Waals surface area contributed by atoms with Crippen LogP contribution in [0.4, 0.5) is 0 Å². The van der Waals surface area contributed by atoms with Crippen molar-refractivity contribution >= 4 is 58.2 Å². The van der Waals surface area contributed by atoms with E-state index in [0.29, 0.717) is 31.8 Å². The van der Waals surface area contributed by atoms with Crippen LogP contribution in [0.5, 0.6) is 5.75 Å². The second kappa shape index (κ2) is 11.8. The minimum absolute atomic E-state index is 0.0759. The van der Waals surface area contributed by atoms with Gasteiger partial charge in [0.2, 0.25) is 0 Å². The summed E-state index contributed by atoms with van der Waals surface area (Å²) >= 11 is 19.4. The first kappa shape index (κ1) is 26.0. The highest BCUT2D eigenvalue weighted by Gasteiger charge is 2.17. The summed E-state index contributed by atoms with van der Waals surface area (Å²) in [7, 11) is 1.61. The Morgan fingerprint density at radius 2 is 1.72 bits per heavy atom. The summed E-state index contributed by atoms with van der Waals surface area (Å²) in [5.74, 6) is 1.14. The molecule has 11 heteroatoms. The lowest BCUT2D eigenvalue weighted by Gasteiger charge is -2.11. The van der Waals surface area contributed by atoms with Crippen LogP contribution >= 0.6 is 46.6 Å². The summed E-state index contributed by atoms with van der Waals surface area (Å²) in [4.78, 5) is 12.5. The zero-order chi connectivity index (χ0) is 25.7. The van der Waals surface area contributed by atoms with Gasteiger partial charge in [-0.2, -0.15) is 5.10 Å². The maximum absolute atomic E-state index is 12.5. The molecule has 0 aliphatic rings. The topological polar surface area (TPSA) is 81.4 Å². The number of carbonyl (C=O) groups is 1. The monoisotopic (exact) mass is 559 g/mol. The SMILES string of the molecule is COc1ccc(-c2nnc(SCC(=O)N/N=C(/C)c3ccc(Cl)c(Cl)c3)n2-c2ccc(Cl)cc2)cc1. The molecule has 3 aromatic carbocycles. The van der Waals surface area contributed by atoms with Gasteiger partial charge >= 0.3 is 0 Å². The molecule has 4 aromatic rings. The second-order valence-corrected chi connectivity index (χ2v) is 9.69. The molecule has 36 heavy (non-hydrogen) atoms. The van der Waals surface area contributed by atoms with Crippen LogP contribution < -0.4 is 10.2 Å². The Balaban J connectivity index is 1.53. The highest BCUT2D eigenvalue weighted by atomic mass is 35.5. The Labute approximate surface area is 227 Å². The fourth-order valence-electron chi connectivity index (χ4n) is 3.21. The van der Waals surface area contributed by atoms with Crippen LogP contribution in [0.2, 0.25) is 15.1 Å². The van der Waals surface area contributed by atoms with Gasteiger partial charge in [0, 0.05) is 16.3 Å². The standard InChI is InChI=1S/C25H20Cl3N5O2S/c1-15(17-5-12-21(27)22(28)13-17)29-30-23(34)14-36-25-32-31-24(16-3-10-20(35-2)11-4-16)33(25)19-8-6-18(26)7-9-19/h3-13H,14H2,1-2H3,(H,30,34)/b29-15-. The molecule has 0 saturated heterocycles. The number of benzene rings is 3. The van der Waals surface area contributed by atoms with E-state index in [-0.39, 0.29) is 11.7 Å². The number of nitrogens with one attached hydrogen (secondary N) is 1. The fraction of sp³-hybridized carbons (Fsp3) is 0.120. The molecule has 0 atom stereocenters. The van der Waals surface area contributed by atoms with Crippen molar-refractivity contribution in [3.8, 4) is 22.8 Å². The number of hydrogen-bond donors (Lipinski definition) is 1. The summed E-state index contributed by atoms with van der Waals surface area (Å²) in [6, 6.07) is 20.0. The summed E-state index contributed by atoms with van der Waals surface area (Å²) in [6.07, 6.45) is 0. The van der Waals surface area contributed by atoms with E-state index in [0.717, 1.165) is 22.6 Å². The van der Waals surface area contributed by atoms with E-state index in [9.17, 15) is 4.79 Å². The third-order valence-corrected chi connectivity index (χ3v) is 7.00. The summed E-state index contributed by atoms with van der Waals surface area (Å²) in [5, 5.41) is 14.9. The van der Waals surface area contributed by atoms with Gasteiger partial charge in [-0.3, -0.25) is 9.36 Å². The normalized spacial score (nSPS) is 11.4. The lowest BCUT2D eigenvalue weighted by atomic mass is 10.1. The van der Waals surface area contributed by atoms with Gasteiger partial charge in [-0.05, 0) is 73.2 Å². The molecule has 1 amide bonds. The molecule has 0 radical (unpaired) electrons. The van der Waals surface area contributed by atoms with E-state index in [2.05, 4.69) is 20.7 Å². The molecule has 0 aliphatic heterocycles. The number of nitrogens with zero attached hydrogens (tertiary/aromatic N) is 4. The van der Waals surface area contributed by atoms with Crippen molar-refractivity contribution in [1.29, 1.82) is 0 Å². The molecule has 1 heterocycles. The number of aromatic nitrogens is 3. The molecular weight excluding hydrogens is 541 g/mol. The van der Waals surface area contributed by atoms with E-state index in [1.54, 1.807) is 44.4 Å². The number of hydrazone groups is 1. The van der Waals surface area contributed by atoms with Crippen molar-refractivity contribution in [1.82, 2.24) is 20.2 Å². The number of hydrogen-bond acceptors (Lipinski definition) is 6. The van der Waals surface area contributed by atoms with Crippen LogP contribution in [0.25, 0.3) is 17.1 Å². The van der Waals surface area contributed by atoms with Gasteiger partial charge in [0.1, 0.15) is 5.75 Å². The van der Waals surface area contributed by atoms with Crippen LogP contribution in [0.15, 0.2) is 77.0 Å². The van der Waals surface area contributed by atoms with E-state index < -0.39 is 0 Å². The van der Waals surface area contributed by atoms with Crippen LogP contribution in [0.3, 0.4) is 0 Å². The summed E-state index contributed by atoms with van der Waals surface area (Å²) in [5.41, 5.74) is 5.57. The molecule has 0 bridgehead atoms. The predicted octanol–water partition coefficient (Wildman–Crippen LogP) is 6.54. The molecule has 1 N–H and O–H groups in total. The molecule has 0 aliphatic carbocycles. The zero-order valence-electron chi connectivity index (χ0n) is 19.2. The fourth-order valence-corrected chi connectivity index (χ4v) is 4.38. The first-order valence-electron chi connectivity index (χ1n) is 10.6. The van der Waals surface area contributed by atoms with Gasteiger partial charge in [0.05, 0.1) is 28.6 Å². The minimum atomic E-state index is -0.295. The smallest absolute Gasteiger partial charge is 0.250 e. The molecular formula is C25H20Cl3N5O2S. The van der Waals surface area contributed by atoms with Crippen LogP contribution in [-0.4, -0.2) is 39.2 Å². The van der Waals surface area contributed by atoms with Crippen LogP contribution in [0, 0.1) is 0 Å². The molecule has 0 spiro atoms. The molecule has 0 unspecified atom stereocenters. The predicted molar refractivity (Wildman–Crippen MR) is 146 cm³/mol. The molecule has 7 nitrogen and oxygen atoms in total. The van der Waals surface area contributed by atoms with Crippen molar-refractivity contribution in [2.45, 2.75) is 12.1 Å². The third-order valence-electron chi connectivity index (χ3n) is 5.08. The van der Waals surface area contributed by atoms with Gasteiger partial charge in [0.25, 0.3) is 5.91 Å². The number of methoxy groups -OCH3 is 1. The van der Waals surface area contributed by atoms with Crippen molar-refractivity contribution in [3.05, 3.63) is 87.4 Å². The van der Waals surface area contributed by atoms with Gasteiger partial charge in [0.15, 0.2) is 11.0 Å². The molecule has 184 valence electrons. The van der Waals surface area contributed by atoms with Crippen LogP contribution in [0.1, 0.15) is 12.5 Å². The van der Waals surface area contributed by atoms with Gasteiger partial charge in [-0.15, -0.1) is 10.2 Å². The van der Waals surface area contributed by atoms with Crippen molar-refractivity contribution in [3.63, 3.8) is 0 Å². The Morgan fingerprint density at radius 3 is 2.39 bits per heavy atom. The number of rotatable bonds is 8. The first-order valence-corrected chi connectivity index (χ1v) is 12.7. The average molecular weight is 561 g/mol. The third kappa shape index (κ3) is 6.20. The highest BCUT2D eigenvalue weighted by Crippen LogP contribution is 2.29. The second-order valence-electron chi connectivity index (χ2n) is 7.50. The van der Waals surface area contributed by atoms with Gasteiger partial charge in [-0.1, -0.05) is 52.6 Å². The van der Waals surface area contributed by atoms with E-state index >= 15 is 0 Å². The maximum atomic E-state index is 12.5. The highest BCUT2D eigenvalue weighted by molar-refractivity contribution is 7.99. The number of thioether (sulfide) groups is 1. The Hall–Kier alpha value is -3.04. The Bertz CT molecular complexity index is 1410. The molecule has 1 aromatic heterocycles.